The van der Waals surface area contributed by atoms with Gasteiger partial charge < -0.3 is 11.1 Å². The van der Waals surface area contributed by atoms with Crippen molar-refractivity contribution in [1.82, 2.24) is 0 Å². The molecule has 1 rings (SSSR count). The van der Waals surface area contributed by atoms with Gasteiger partial charge in [0.2, 0.25) is 0 Å². The van der Waals surface area contributed by atoms with E-state index in [1.165, 1.54) is 30.5 Å². The molecule has 0 aromatic heterocycles. The van der Waals surface area contributed by atoms with Crippen molar-refractivity contribution in [3.05, 3.63) is 29.8 Å². The molecule has 0 radical (unpaired) electrons. The molecule has 1 aromatic rings. The van der Waals surface area contributed by atoms with Crippen LogP contribution < -0.4 is 11.1 Å². The summed E-state index contributed by atoms with van der Waals surface area (Å²) in [6, 6.07) is 8.68. The zero-order valence-electron chi connectivity index (χ0n) is 10.5. The average molecular weight is 220 g/mol. The standard InChI is InChI=1S/C14H24N2/c1-3-4-5-8-13(15)11-16-14-9-6-7-12(2)10-14/h6-7,9-10,13,16H,3-5,8,11,15H2,1-2H3. The molecule has 0 amide bonds. The van der Waals surface area contributed by atoms with Crippen LogP contribution in [0.5, 0.6) is 0 Å². The van der Waals surface area contributed by atoms with Gasteiger partial charge in [-0.2, -0.15) is 0 Å². The summed E-state index contributed by atoms with van der Waals surface area (Å²) in [6.45, 7) is 5.19. The Hall–Kier alpha value is -1.02. The first-order valence-corrected chi connectivity index (χ1v) is 6.28. The molecular formula is C14H24N2. The molecule has 3 N–H and O–H groups in total. The molecule has 0 aliphatic carbocycles. The Labute approximate surface area is 99.2 Å². The topological polar surface area (TPSA) is 38.0 Å². The minimum absolute atomic E-state index is 0.270. The van der Waals surface area contributed by atoms with Crippen molar-refractivity contribution in [3.63, 3.8) is 0 Å². The van der Waals surface area contributed by atoms with Gasteiger partial charge in [0.1, 0.15) is 0 Å². The van der Waals surface area contributed by atoms with Crippen molar-refractivity contribution in [2.45, 2.75) is 45.6 Å². The molecular weight excluding hydrogens is 196 g/mol. The van der Waals surface area contributed by atoms with Crippen LogP contribution in [-0.2, 0) is 0 Å². The summed E-state index contributed by atoms with van der Waals surface area (Å²) in [7, 11) is 0. The molecule has 0 saturated heterocycles. The predicted octanol–water partition coefficient (Wildman–Crippen LogP) is 3.31. The first-order valence-electron chi connectivity index (χ1n) is 6.28. The maximum atomic E-state index is 6.04. The molecule has 0 saturated carbocycles. The number of nitrogens with one attached hydrogen (secondary N) is 1. The lowest BCUT2D eigenvalue weighted by Crippen LogP contribution is -2.28. The summed E-state index contributed by atoms with van der Waals surface area (Å²) in [4.78, 5) is 0. The lowest BCUT2D eigenvalue weighted by molar-refractivity contribution is 0.576. The number of anilines is 1. The number of unbranched alkanes of at least 4 members (excludes halogenated alkanes) is 2. The van der Waals surface area contributed by atoms with E-state index in [1.807, 2.05) is 0 Å². The molecule has 16 heavy (non-hydrogen) atoms. The molecule has 0 bridgehead atoms. The summed E-state index contributed by atoms with van der Waals surface area (Å²) in [5.41, 5.74) is 8.49. The quantitative estimate of drug-likeness (QED) is 0.692. The Morgan fingerprint density at radius 3 is 2.81 bits per heavy atom. The number of aryl methyl sites for hydroxylation is 1. The number of benzene rings is 1. The summed E-state index contributed by atoms with van der Waals surface area (Å²) in [6.07, 6.45) is 4.91. The fourth-order valence-corrected chi connectivity index (χ4v) is 1.76. The van der Waals surface area contributed by atoms with Crippen LogP contribution in [0.2, 0.25) is 0 Å². The average Bonchev–Trinajstić information content (AvgIpc) is 2.27. The van der Waals surface area contributed by atoms with E-state index < -0.39 is 0 Å². The van der Waals surface area contributed by atoms with E-state index in [0.717, 1.165) is 13.0 Å². The third kappa shape index (κ3) is 5.17. The highest BCUT2D eigenvalue weighted by Gasteiger charge is 2.01. The lowest BCUT2D eigenvalue weighted by atomic mass is 10.1. The molecule has 2 nitrogen and oxygen atoms in total. The van der Waals surface area contributed by atoms with Gasteiger partial charge in [-0.3, -0.25) is 0 Å². The molecule has 0 aliphatic heterocycles. The molecule has 1 aromatic carbocycles. The van der Waals surface area contributed by atoms with Gasteiger partial charge in [0, 0.05) is 18.3 Å². The summed E-state index contributed by atoms with van der Waals surface area (Å²) in [5.74, 6) is 0. The van der Waals surface area contributed by atoms with Crippen molar-refractivity contribution in [1.29, 1.82) is 0 Å². The zero-order chi connectivity index (χ0) is 11.8. The van der Waals surface area contributed by atoms with Crippen LogP contribution >= 0.6 is 0 Å². The highest BCUT2D eigenvalue weighted by Crippen LogP contribution is 2.10. The van der Waals surface area contributed by atoms with Gasteiger partial charge in [-0.1, -0.05) is 38.3 Å². The molecule has 0 fully saturated rings. The number of nitrogens with two attached hydrogens (primary N) is 1. The number of hydrogen-bond donors (Lipinski definition) is 2. The lowest BCUT2D eigenvalue weighted by Gasteiger charge is -2.13. The molecule has 1 unspecified atom stereocenters. The van der Waals surface area contributed by atoms with Gasteiger partial charge >= 0.3 is 0 Å². The highest BCUT2D eigenvalue weighted by molar-refractivity contribution is 5.45. The summed E-state index contributed by atoms with van der Waals surface area (Å²) >= 11 is 0. The molecule has 2 heteroatoms. The molecule has 90 valence electrons. The highest BCUT2D eigenvalue weighted by atomic mass is 14.9. The van der Waals surface area contributed by atoms with Crippen molar-refractivity contribution in [3.8, 4) is 0 Å². The minimum atomic E-state index is 0.270. The van der Waals surface area contributed by atoms with Crippen molar-refractivity contribution < 1.29 is 0 Å². The maximum Gasteiger partial charge on any atom is 0.0343 e. The molecule has 0 aliphatic rings. The van der Waals surface area contributed by atoms with Gasteiger partial charge in [-0.05, 0) is 31.0 Å². The molecule has 1 atom stereocenters. The first-order chi connectivity index (χ1) is 7.72. The smallest absolute Gasteiger partial charge is 0.0343 e. The van der Waals surface area contributed by atoms with E-state index in [4.69, 9.17) is 5.73 Å². The second-order valence-electron chi connectivity index (χ2n) is 4.51. The van der Waals surface area contributed by atoms with E-state index in [1.54, 1.807) is 0 Å². The summed E-state index contributed by atoms with van der Waals surface area (Å²) < 4.78 is 0. The van der Waals surface area contributed by atoms with Gasteiger partial charge in [0.05, 0.1) is 0 Å². The van der Waals surface area contributed by atoms with Crippen molar-refractivity contribution in [2.75, 3.05) is 11.9 Å². The predicted molar refractivity (Wildman–Crippen MR) is 71.8 cm³/mol. The fourth-order valence-electron chi connectivity index (χ4n) is 1.76. The van der Waals surface area contributed by atoms with Crippen molar-refractivity contribution >= 4 is 5.69 Å². The third-order valence-electron chi connectivity index (χ3n) is 2.76. The van der Waals surface area contributed by atoms with E-state index >= 15 is 0 Å². The van der Waals surface area contributed by atoms with E-state index in [2.05, 4.69) is 43.4 Å². The maximum absolute atomic E-state index is 6.04. The van der Waals surface area contributed by atoms with Crippen LogP contribution in [0.4, 0.5) is 5.69 Å². The van der Waals surface area contributed by atoms with Crippen LogP contribution in [-0.4, -0.2) is 12.6 Å². The Morgan fingerprint density at radius 1 is 1.31 bits per heavy atom. The Bertz CT molecular complexity index is 297. The van der Waals surface area contributed by atoms with Gasteiger partial charge in [0.25, 0.3) is 0 Å². The van der Waals surface area contributed by atoms with Crippen LogP contribution in [0, 0.1) is 6.92 Å². The van der Waals surface area contributed by atoms with Crippen molar-refractivity contribution in [2.24, 2.45) is 5.73 Å². The molecule has 0 heterocycles. The number of hydrogen-bond acceptors (Lipinski definition) is 2. The Kier molecular flexibility index (Phi) is 5.94. The van der Waals surface area contributed by atoms with Crippen LogP contribution in [0.25, 0.3) is 0 Å². The van der Waals surface area contributed by atoms with Gasteiger partial charge in [-0.25, -0.2) is 0 Å². The summed E-state index contributed by atoms with van der Waals surface area (Å²) in [5, 5.41) is 3.39. The van der Waals surface area contributed by atoms with Crippen LogP contribution in [0.3, 0.4) is 0 Å². The third-order valence-corrected chi connectivity index (χ3v) is 2.76. The Morgan fingerprint density at radius 2 is 2.12 bits per heavy atom. The largest absolute Gasteiger partial charge is 0.383 e. The van der Waals surface area contributed by atoms with E-state index in [0.29, 0.717) is 0 Å². The second kappa shape index (κ2) is 7.29. The normalized spacial score (nSPS) is 12.4. The minimum Gasteiger partial charge on any atom is -0.383 e. The second-order valence-corrected chi connectivity index (χ2v) is 4.51. The van der Waals surface area contributed by atoms with Crippen LogP contribution in [0.1, 0.15) is 38.2 Å². The van der Waals surface area contributed by atoms with E-state index in [-0.39, 0.29) is 6.04 Å². The van der Waals surface area contributed by atoms with Gasteiger partial charge in [-0.15, -0.1) is 0 Å². The monoisotopic (exact) mass is 220 g/mol. The fraction of sp³-hybridized carbons (Fsp3) is 0.571. The van der Waals surface area contributed by atoms with Crippen LogP contribution in [0.15, 0.2) is 24.3 Å². The SMILES string of the molecule is CCCCCC(N)CNc1cccc(C)c1. The number of rotatable bonds is 7. The first kappa shape index (κ1) is 13.0. The molecule has 0 spiro atoms. The Balaban J connectivity index is 2.23. The van der Waals surface area contributed by atoms with Gasteiger partial charge in [0.15, 0.2) is 0 Å². The zero-order valence-corrected chi connectivity index (χ0v) is 10.5. The van der Waals surface area contributed by atoms with E-state index in [9.17, 15) is 0 Å².